The summed E-state index contributed by atoms with van der Waals surface area (Å²) in [6, 6.07) is 2.76. The summed E-state index contributed by atoms with van der Waals surface area (Å²) in [6.07, 6.45) is 0. The van der Waals surface area contributed by atoms with Crippen LogP contribution in [0.1, 0.15) is 0 Å². The molecular formula is C8H5BrFN3O. The zero-order valence-corrected chi connectivity index (χ0v) is 8.39. The van der Waals surface area contributed by atoms with Crippen LogP contribution in [0, 0.1) is 11.3 Å². The zero-order valence-electron chi connectivity index (χ0n) is 6.81. The van der Waals surface area contributed by atoms with E-state index in [2.05, 4.69) is 26.0 Å². The Morgan fingerprint density at radius 2 is 2.21 bits per heavy atom. The van der Waals surface area contributed by atoms with E-state index in [-0.39, 0.29) is 17.1 Å². The summed E-state index contributed by atoms with van der Waals surface area (Å²) in [6.45, 7) is 0. The third-order valence-corrected chi connectivity index (χ3v) is 2.58. The fourth-order valence-corrected chi connectivity index (χ4v) is 1.83. The van der Waals surface area contributed by atoms with E-state index in [1.54, 1.807) is 0 Å². The highest BCUT2D eigenvalue weighted by Crippen LogP contribution is 2.40. The minimum Gasteiger partial charge on any atom is -0.493 e. The molecule has 0 unspecified atom stereocenters. The van der Waals surface area contributed by atoms with E-state index in [0.29, 0.717) is 9.86 Å². The maximum absolute atomic E-state index is 13.2. The molecule has 0 aliphatic rings. The number of nitrogens with one attached hydrogen (secondary N) is 2. The van der Waals surface area contributed by atoms with E-state index in [9.17, 15) is 9.50 Å². The Bertz CT molecular complexity index is 523. The number of halogens is 2. The fourth-order valence-electron chi connectivity index (χ4n) is 1.31. The van der Waals surface area contributed by atoms with Crippen LogP contribution in [0.4, 0.5) is 10.1 Å². The molecule has 0 saturated carbocycles. The van der Waals surface area contributed by atoms with Gasteiger partial charge in [0.05, 0.1) is 5.52 Å². The van der Waals surface area contributed by atoms with Gasteiger partial charge >= 0.3 is 0 Å². The summed E-state index contributed by atoms with van der Waals surface area (Å²) in [4.78, 5) is 2.42. The van der Waals surface area contributed by atoms with Gasteiger partial charge in [-0.2, -0.15) is 5.11 Å². The van der Waals surface area contributed by atoms with E-state index in [1.165, 1.54) is 12.1 Å². The standard InChI is InChI=1S/C8H5BrFN3O/c9-3-1-2-4(10)6-5(3)7(13-11)8(14)12-6/h1-2,11-12,14H. The van der Waals surface area contributed by atoms with Gasteiger partial charge < -0.3 is 10.1 Å². The Morgan fingerprint density at radius 3 is 2.86 bits per heavy atom. The van der Waals surface area contributed by atoms with Crippen molar-refractivity contribution in [3.63, 3.8) is 0 Å². The van der Waals surface area contributed by atoms with Crippen molar-refractivity contribution < 1.29 is 9.50 Å². The number of aromatic amines is 1. The van der Waals surface area contributed by atoms with Crippen molar-refractivity contribution in [3.8, 4) is 5.88 Å². The van der Waals surface area contributed by atoms with Crippen molar-refractivity contribution in [2.24, 2.45) is 5.11 Å². The van der Waals surface area contributed by atoms with Crippen LogP contribution in [0.25, 0.3) is 10.9 Å². The first-order valence-electron chi connectivity index (χ1n) is 3.71. The highest BCUT2D eigenvalue weighted by molar-refractivity contribution is 9.10. The lowest BCUT2D eigenvalue weighted by Gasteiger charge is -1.95. The van der Waals surface area contributed by atoms with Gasteiger partial charge in [-0.3, -0.25) is 0 Å². The topological polar surface area (TPSA) is 72.2 Å². The summed E-state index contributed by atoms with van der Waals surface area (Å²) in [7, 11) is 0. The molecule has 0 spiro atoms. The number of hydrogen-bond donors (Lipinski definition) is 3. The van der Waals surface area contributed by atoms with Gasteiger partial charge in [0, 0.05) is 9.86 Å². The molecule has 0 aliphatic carbocycles. The first-order valence-corrected chi connectivity index (χ1v) is 4.50. The van der Waals surface area contributed by atoms with Crippen molar-refractivity contribution in [1.29, 1.82) is 5.53 Å². The molecule has 4 nitrogen and oxygen atoms in total. The largest absolute Gasteiger partial charge is 0.493 e. The molecule has 1 aromatic heterocycles. The average molecular weight is 258 g/mol. The summed E-state index contributed by atoms with van der Waals surface area (Å²) >= 11 is 3.19. The van der Waals surface area contributed by atoms with Crippen molar-refractivity contribution in [2.45, 2.75) is 0 Å². The highest BCUT2D eigenvalue weighted by atomic mass is 79.9. The molecule has 3 N–H and O–H groups in total. The van der Waals surface area contributed by atoms with Crippen molar-refractivity contribution in [3.05, 3.63) is 22.4 Å². The molecule has 72 valence electrons. The molecule has 0 aliphatic heterocycles. The number of rotatable bonds is 1. The molecular weight excluding hydrogens is 253 g/mol. The summed E-state index contributed by atoms with van der Waals surface area (Å²) in [5.74, 6) is -0.797. The van der Waals surface area contributed by atoms with E-state index in [0.717, 1.165) is 0 Å². The van der Waals surface area contributed by atoms with E-state index < -0.39 is 5.82 Å². The Balaban J connectivity index is 3.00. The Labute approximate surface area is 86.4 Å². The first kappa shape index (κ1) is 9.14. The number of aromatic nitrogens is 1. The molecule has 0 saturated heterocycles. The van der Waals surface area contributed by atoms with E-state index >= 15 is 0 Å². The number of nitrogens with zero attached hydrogens (tertiary/aromatic N) is 1. The maximum atomic E-state index is 13.2. The average Bonchev–Trinajstić information content (AvgIpc) is 2.50. The Morgan fingerprint density at radius 1 is 1.50 bits per heavy atom. The molecule has 0 amide bonds. The molecule has 0 atom stereocenters. The molecule has 0 bridgehead atoms. The number of hydrogen-bond acceptors (Lipinski definition) is 3. The van der Waals surface area contributed by atoms with Crippen LogP contribution in [0.15, 0.2) is 21.7 Å². The molecule has 0 fully saturated rings. The van der Waals surface area contributed by atoms with Gasteiger partial charge in [-0.25, -0.2) is 9.92 Å². The molecule has 2 aromatic rings. The van der Waals surface area contributed by atoms with E-state index in [1.807, 2.05) is 0 Å². The molecule has 1 aromatic carbocycles. The van der Waals surface area contributed by atoms with Crippen LogP contribution in [0.5, 0.6) is 5.88 Å². The molecule has 1 heterocycles. The van der Waals surface area contributed by atoms with Gasteiger partial charge in [0.2, 0.25) is 5.88 Å². The summed E-state index contributed by atoms with van der Waals surface area (Å²) in [5, 5.41) is 12.8. The van der Waals surface area contributed by atoms with Crippen molar-refractivity contribution in [1.82, 2.24) is 4.98 Å². The predicted octanol–water partition coefficient (Wildman–Crippen LogP) is 3.44. The van der Waals surface area contributed by atoms with Gasteiger partial charge in [-0.05, 0) is 12.1 Å². The quantitative estimate of drug-likeness (QED) is 0.673. The van der Waals surface area contributed by atoms with Crippen molar-refractivity contribution in [2.75, 3.05) is 0 Å². The smallest absolute Gasteiger partial charge is 0.218 e. The second kappa shape index (κ2) is 3.06. The van der Waals surface area contributed by atoms with Crippen LogP contribution >= 0.6 is 15.9 Å². The summed E-state index contributed by atoms with van der Waals surface area (Å²) in [5.41, 5.74) is 7.03. The second-order valence-electron chi connectivity index (χ2n) is 2.71. The van der Waals surface area contributed by atoms with Gasteiger partial charge in [0.15, 0.2) is 5.69 Å². The van der Waals surface area contributed by atoms with Crippen LogP contribution in [0.3, 0.4) is 0 Å². The SMILES string of the molecule is N=Nc1c(O)[nH]c2c(F)ccc(Br)c12. The number of H-pyrrole nitrogens is 1. The number of aromatic hydroxyl groups is 1. The van der Waals surface area contributed by atoms with Crippen LogP contribution in [0.2, 0.25) is 0 Å². The molecule has 6 heteroatoms. The van der Waals surface area contributed by atoms with Crippen LogP contribution in [-0.4, -0.2) is 10.1 Å². The minimum atomic E-state index is -0.492. The van der Waals surface area contributed by atoms with Crippen LogP contribution in [-0.2, 0) is 0 Å². The first-order chi connectivity index (χ1) is 6.65. The van der Waals surface area contributed by atoms with Gasteiger partial charge in [-0.15, -0.1) is 0 Å². The number of fused-ring (bicyclic) bond motifs is 1. The fraction of sp³-hybridized carbons (Fsp3) is 0. The predicted molar refractivity (Wildman–Crippen MR) is 52.4 cm³/mol. The lowest BCUT2D eigenvalue weighted by atomic mass is 10.2. The maximum Gasteiger partial charge on any atom is 0.218 e. The van der Waals surface area contributed by atoms with Crippen molar-refractivity contribution >= 4 is 32.5 Å². The van der Waals surface area contributed by atoms with Gasteiger partial charge in [0.1, 0.15) is 5.82 Å². The highest BCUT2D eigenvalue weighted by Gasteiger charge is 2.15. The van der Waals surface area contributed by atoms with Gasteiger partial charge in [0.25, 0.3) is 0 Å². The second-order valence-corrected chi connectivity index (χ2v) is 3.57. The minimum absolute atomic E-state index is 0.0337. The summed E-state index contributed by atoms with van der Waals surface area (Å²) < 4.78 is 13.8. The molecule has 2 rings (SSSR count). The zero-order chi connectivity index (χ0) is 10.3. The normalized spacial score (nSPS) is 10.7. The van der Waals surface area contributed by atoms with Gasteiger partial charge in [-0.1, -0.05) is 15.9 Å². The van der Waals surface area contributed by atoms with E-state index in [4.69, 9.17) is 5.53 Å². The third-order valence-electron chi connectivity index (χ3n) is 1.92. The number of benzene rings is 1. The third kappa shape index (κ3) is 1.11. The Kier molecular flexibility index (Phi) is 1.99. The lowest BCUT2D eigenvalue weighted by molar-refractivity contribution is 0.458. The van der Waals surface area contributed by atoms with Crippen LogP contribution < -0.4 is 0 Å². The lowest BCUT2D eigenvalue weighted by Crippen LogP contribution is -1.77. The molecule has 14 heavy (non-hydrogen) atoms. The Hall–Kier alpha value is -1.43. The monoisotopic (exact) mass is 257 g/mol. The molecule has 0 radical (unpaired) electrons.